The first kappa shape index (κ1) is 19.9. The number of rotatable bonds is 11. The van der Waals surface area contributed by atoms with Crippen LogP contribution >= 0.6 is 0 Å². The molecule has 1 aliphatic rings. The van der Waals surface area contributed by atoms with Gasteiger partial charge in [-0.05, 0) is 12.8 Å². The predicted molar refractivity (Wildman–Crippen MR) is 90.6 cm³/mol. The summed E-state index contributed by atoms with van der Waals surface area (Å²) in [5, 5.41) is 0. The van der Waals surface area contributed by atoms with Crippen LogP contribution in [0.1, 0.15) is 65.2 Å². The second kappa shape index (κ2) is 9.24. The molecule has 0 bridgehead atoms. The molecule has 1 rings (SSSR count). The minimum absolute atomic E-state index is 0.0431. The maximum atomic E-state index is 11.0. The fourth-order valence-electron chi connectivity index (χ4n) is 3.95. The van der Waals surface area contributed by atoms with Gasteiger partial charge in [0.2, 0.25) is 0 Å². The molecule has 1 aliphatic heterocycles. The molecule has 0 saturated carbocycles. The first-order chi connectivity index (χ1) is 10.3. The molecule has 5 heteroatoms. The molecule has 22 heavy (non-hydrogen) atoms. The van der Waals surface area contributed by atoms with Crippen LogP contribution in [0.3, 0.4) is 0 Å². The van der Waals surface area contributed by atoms with Crippen molar-refractivity contribution in [3.05, 3.63) is 0 Å². The Kier molecular flexibility index (Phi) is 8.36. The van der Waals surface area contributed by atoms with Crippen LogP contribution in [-0.4, -0.2) is 49.9 Å². The first-order valence-corrected chi connectivity index (χ1v) is 10.6. The Hall–Kier alpha value is -0.130. The average Bonchev–Trinajstić information content (AvgIpc) is 2.66. The summed E-state index contributed by atoms with van der Waals surface area (Å²) in [6.45, 7) is 7.31. The van der Waals surface area contributed by atoms with E-state index in [9.17, 15) is 13.0 Å². The van der Waals surface area contributed by atoms with Crippen LogP contribution in [-0.2, 0) is 10.1 Å². The third-order valence-corrected chi connectivity index (χ3v) is 6.01. The number of nitrogens with zero attached hydrogens (tertiary/aromatic N) is 1. The maximum Gasteiger partial charge on any atom is 0.0951 e. The van der Waals surface area contributed by atoms with Gasteiger partial charge in [-0.25, -0.2) is 8.42 Å². The minimum atomic E-state index is -4.09. The van der Waals surface area contributed by atoms with Crippen LogP contribution in [0.4, 0.5) is 0 Å². The van der Waals surface area contributed by atoms with E-state index in [4.69, 9.17) is 0 Å². The lowest BCUT2D eigenvalue weighted by molar-refractivity contribution is -0.900. The largest absolute Gasteiger partial charge is 0.748 e. The first-order valence-electron chi connectivity index (χ1n) is 9.03. The summed E-state index contributed by atoms with van der Waals surface area (Å²) in [5.41, 5.74) is 0. The molecule has 0 aliphatic carbocycles. The topological polar surface area (TPSA) is 57.2 Å². The fourth-order valence-corrected chi connectivity index (χ4v) is 4.91. The third kappa shape index (κ3) is 7.93. The summed E-state index contributed by atoms with van der Waals surface area (Å²) in [7, 11) is -1.87. The third-order valence-electron chi connectivity index (χ3n) is 5.18. The fraction of sp³-hybridized carbons (Fsp3) is 1.00. The summed E-state index contributed by atoms with van der Waals surface area (Å²) in [6.07, 6.45) is 10.5. The highest BCUT2D eigenvalue weighted by Crippen LogP contribution is 2.29. The van der Waals surface area contributed by atoms with Crippen molar-refractivity contribution in [1.29, 1.82) is 0 Å². The average molecular weight is 334 g/mol. The minimum Gasteiger partial charge on any atom is -0.748 e. The molecule has 0 spiro atoms. The van der Waals surface area contributed by atoms with E-state index in [2.05, 4.69) is 20.9 Å². The van der Waals surface area contributed by atoms with Crippen molar-refractivity contribution in [3.8, 4) is 0 Å². The van der Waals surface area contributed by atoms with E-state index < -0.39 is 10.1 Å². The lowest BCUT2D eigenvalue weighted by Crippen LogP contribution is -2.43. The molecule has 4 nitrogen and oxygen atoms in total. The second-order valence-corrected chi connectivity index (χ2v) is 9.09. The van der Waals surface area contributed by atoms with Crippen molar-refractivity contribution in [2.24, 2.45) is 11.8 Å². The zero-order chi connectivity index (χ0) is 16.6. The summed E-state index contributed by atoms with van der Waals surface area (Å²) in [4.78, 5) is 0. The highest BCUT2D eigenvalue weighted by molar-refractivity contribution is 7.85. The van der Waals surface area contributed by atoms with E-state index in [1.54, 1.807) is 0 Å². The zero-order valence-corrected chi connectivity index (χ0v) is 15.5. The van der Waals surface area contributed by atoms with Crippen molar-refractivity contribution < 1.29 is 17.5 Å². The van der Waals surface area contributed by atoms with E-state index in [0.29, 0.717) is 5.92 Å². The van der Waals surface area contributed by atoms with Gasteiger partial charge >= 0.3 is 0 Å². The summed E-state index contributed by atoms with van der Waals surface area (Å²) in [6, 6.07) is 0. The number of quaternary nitrogens is 1. The molecule has 1 fully saturated rings. The van der Waals surface area contributed by atoms with Crippen LogP contribution in [0.5, 0.6) is 0 Å². The summed E-state index contributed by atoms with van der Waals surface area (Å²) < 4.78 is 33.9. The quantitative estimate of drug-likeness (QED) is 0.331. The molecule has 0 radical (unpaired) electrons. The van der Waals surface area contributed by atoms with E-state index in [1.165, 1.54) is 51.4 Å². The number of unbranched alkanes of at least 4 members (excludes halogenated alkanes) is 7. The van der Waals surface area contributed by atoms with Gasteiger partial charge in [-0.3, -0.25) is 0 Å². The van der Waals surface area contributed by atoms with Crippen molar-refractivity contribution >= 4 is 10.1 Å². The van der Waals surface area contributed by atoms with Crippen molar-refractivity contribution in [2.75, 3.05) is 32.4 Å². The van der Waals surface area contributed by atoms with Crippen molar-refractivity contribution in [3.63, 3.8) is 0 Å². The SMILES string of the molecule is CCCCCCCCCC[N+]1(C)CC(C)C(CS(=O)(=O)[O-])C1. The summed E-state index contributed by atoms with van der Waals surface area (Å²) in [5.74, 6) is 0.198. The van der Waals surface area contributed by atoms with Gasteiger partial charge < -0.3 is 9.04 Å². The molecule has 1 saturated heterocycles. The molecular formula is C17H35NO3S. The van der Waals surface area contributed by atoms with Crippen molar-refractivity contribution in [1.82, 2.24) is 0 Å². The Bertz CT molecular complexity index is 410. The van der Waals surface area contributed by atoms with Gasteiger partial charge in [0.15, 0.2) is 0 Å². The molecule has 0 aromatic rings. The second-order valence-electron chi connectivity index (χ2n) is 7.64. The Morgan fingerprint density at radius 3 is 2.09 bits per heavy atom. The lowest BCUT2D eigenvalue weighted by atomic mass is 10.0. The van der Waals surface area contributed by atoms with Gasteiger partial charge in [-0.15, -0.1) is 0 Å². The van der Waals surface area contributed by atoms with E-state index in [1.807, 2.05) is 0 Å². The van der Waals surface area contributed by atoms with E-state index in [0.717, 1.165) is 24.1 Å². The van der Waals surface area contributed by atoms with Crippen LogP contribution < -0.4 is 0 Å². The highest BCUT2D eigenvalue weighted by atomic mass is 32.2. The van der Waals surface area contributed by atoms with Gasteiger partial charge in [-0.2, -0.15) is 0 Å². The zero-order valence-electron chi connectivity index (χ0n) is 14.7. The van der Waals surface area contributed by atoms with Gasteiger partial charge in [0.25, 0.3) is 0 Å². The number of hydrogen-bond donors (Lipinski definition) is 0. The molecule has 132 valence electrons. The number of hydrogen-bond acceptors (Lipinski definition) is 3. The van der Waals surface area contributed by atoms with Gasteiger partial charge in [0.1, 0.15) is 0 Å². The molecule has 0 aromatic heterocycles. The van der Waals surface area contributed by atoms with E-state index in [-0.39, 0.29) is 11.7 Å². The monoisotopic (exact) mass is 333 g/mol. The summed E-state index contributed by atoms with van der Waals surface area (Å²) >= 11 is 0. The van der Waals surface area contributed by atoms with Gasteiger partial charge in [-0.1, -0.05) is 52.4 Å². The lowest BCUT2D eigenvalue weighted by Gasteiger charge is -2.30. The molecule has 0 aromatic carbocycles. The Balaban J connectivity index is 2.20. The normalized spacial score (nSPS) is 29.1. The van der Waals surface area contributed by atoms with Gasteiger partial charge in [0, 0.05) is 17.6 Å². The Labute approximate surface area is 137 Å². The standard InChI is InChI=1S/C17H35NO3S/c1-4-5-6-7-8-9-10-11-12-18(3)13-16(2)17(14-18)15-22(19,20)21/h16-17H,4-15H2,1-3H3. The van der Waals surface area contributed by atoms with Crippen LogP contribution in [0.25, 0.3) is 0 Å². The maximum absolute atomic E-state index is 11.0. The van der Waals surface area contributed by atoms with Crippen LogP contribution in [0, 0.1) is 11.8 Å². The van der Waals surface area contributed by atoms with Gasteiger partial charge in [0.05, 0.1) is 36.8 Å². The Morgan fingerprint density at radius 1 is 1.00 bits per heavy atom. The van der Waals surface area contributed by atoms with Crippen LogP contribution in [0.15, 0.2) is 0 Å². The van der Waals surface area contributed by atoms with E-state index >= 15 is 0 Å². The molecule has 3 unspecified atom stereocenters. The Morgan fingerprint density at radius 2 is 1.55 bits per heavy atom. The predicted octanol–water partition coefficient (Wildman–Crippen LogP) is 3.38. The number of likely N-dealkylation sites (tertiary alicyclic amines) is 1. The van der Waals surface area contributed by atoms with Crippen molar-refractivity contribution in [2.45, 2.75) is 65.2 Å². The smallest absolute Gasteiger partial charge is 0.0951 e. The van der Waals surface area contributed by atoms with Crippen LogP contribution in [0.2, 0.25) is 0 Å². The molecular weight excluding hydrogens is 298 g/mol. The molecule has 0 amide bonds. The highest BCUT2D eigenvalue weighted by Gasteiger charge is 2.40. The molecule has 1 heterocycles. The molecule has 3 atom stereocenters. The molecule has 0 N–H and O–H groups in total.